The van der Waals surface area contributed by atoms with Crippen LogP contribution in [-0.4, -0.2) is 31.7 Å². The molecule has 3 rings (SSSR count). The van der Waals surface area contributed by atoms with Crippen molar-refractivity contribution in [3.63, 3.8) is 0 Å². The largest absolute Gasteiger partial charge is 0.423 e. The minimum atomic E-state index is -0.386. The Labute approximate surface area is 121 Å². The molecule has 0 aliphatic carbocycles. The molecule has 1 amide bonds. The molecule has 1 fully saturated rings. The number of benzene rings is 1. The van der Waals surface area contributed by atoms with Gasteiger partial charge in [0.05, 0.1) is 13.2 Å². The van der Waals surface area contributed by atoms with Crippen LogP contribution < -0.4 is 16.3 Å². The maximum absolute atomic E-state index is 12.0. The van der Waals surface area contributed by atoms with E-state index in [1.807, 2.05) is 0 Å². The van der Waals surface area contributed by atoms with Crippen molar-refractivity contribution < 1.29 is 13.9 Å². The average Bonchev–Trinajstić information content (AvgIpc) is 2.48. The Kier molecular flexibility index (Phi) is 3.98. The van der Waals surface area contributed by atoms with Gasteiger partial charge in [-0.05, 0) is 24.3 Å². The zero-order valence-corrected chi connectivity index (χ0v) is 11.4. The number of morpholine rings is 1. The van der Waals surface area contributed by atoms with E-state index in [-0.39, 0.29) is 17.6 Å². The third-order valence-corrected chi connectivity index (χ3v) is 3.33. The van der Waals surface area contributed by atoms with Crippen LogP contribution in [0.2, 0.25) is 0 Å². The minimum Gasteiger partial charge on any atom is -0.423 e. The van der Waals surface area contributed by atoms with Crippen molar-refractivity contribution in [1.29, 1.82) is 0 Å². The number of hydrogen-bond donors (Lipinski definition) is 2. The van der Waals surface area contributed by atoms with Crippen LogP contribution in [0.25, 0.3) is 11.0 Å². The second-order valence-electron chi connectivity index (χ2n) is 4.99. The van der Waals surface area contributed by atoms with Crippen LogP contribution in [-0.2, 0) is 9.53 Å². The number of anilines is 1. The number of rotatable bonds is 3. The number of nitrogens with one attached hydrogen (secondary N) is 2. The Hall–Kier alpha value is -2.18. The molecule has 2 N–H and O–H groups in total. The Balaban J connectivity index is 1.67. The highest BCUT2D eigenvalue weighted by molar-refractivity contribution is 5.93. The molecule has 0 radical (unpaired) electrons. The van der Waals surface area contributed by atoms with Crippen LogP contribution in [0.15, 0.2) is 39.5 Å². The summed E-state index contributed by atoms with van der Waals surface area (Å²) in [7, 11) is 0. The average molecular weight is 288 g/mol. The van der Waals surface area contributed by atoms with Gasteiger partial charge in [-0.2, -0.15) is 0 Å². The van der Waals surface area contributed by atoms with E-state index in [2.05, 4.69) is 10.6 Å². The molecule has 0 saturated carbocycles. The predicted molar refractivity (Wildman–Crippen MR) is 78.3 cm³/mol. The molecule has 1 aromatic carbocycles. The number of carbonyl (C=O) groups excluding carboxylic acids is 1. The smallest absolute Gasteiger partial charge is 0.336 e. The SMILES string of the molecule is O=C(CC1COCCN1)Nc1ccc2oc(=O)ccc2c1. The van der Waals surface area contributed by atoms with Gasteiger partial charge >= 0.3 is 5.63 Å². The van der Waals surface area contributed by atoms with Crippen molar-refractivity contribution in [1.82, 2.24) is 5.32 Å². The number of carbonyl (C=O) groups is 1. The highest BCUT2D eigenvalue weighted by Crippen LogP contribution is 2.18. The molecule has 2 heterocycles. The van der Waals surface area contributed by atoms with Crippen LogP contribution in [0, 0.1) is 0 Å². The first-order valence-electron chi connectivity index (χ1n) is 6.85. The van der Waals surface area contributed by atoms with Gasteiger partial charge in [0, 0.05) is 36.1 Å². The van der Waals surface area contributed by atoms with Crippen LogP contribution in [0.5, 0.6) is 0 Å². The standard InChI is InChI=1S/C15H16N2O4/c18-14(8-12-9-20-6-5-16-12)17-11-2-3-13-10(7-11)1-4-15(19)21-13/h1-4,7,12,16H,5-6,8-9H2,(H,17,18). The lowest BCUT2D eigenvalue weighted by atomic mass is 10.1. The summed E-state index contributed by atoms with van der Waals surface area (Å²) in [5.74, 6) is -0.0743. The van der Waals surface area contributed by atoms with E-state index in [9.17, 15) is 9.59 Å². The second kappa shape index (κ2) is 6.07. The van der Waals surface area contributed by atoms with Crippen molar-refractivity contribution in [3.8, 4) is 0 Å². The summed E-state index contributed by atoms with van der Waals surface area (Å²) in [4.78, 5) is 23.1. The van der Waals surface area contributed by atoms with E-state index in [1.54, 1.807) is 24.3 Å². The first kappa shape index (κ1) is 13.8. The molecular weight excluding hydrogens is 272 g/mol. The summed E-state index contributed by atoms with van der Waals surface area (Å²) in [6, 6.07) is 8.26. The fourth-order valence-electron chi connectivity index (χ4n) is 2.34. The van der Waals surface area contributed by atoms with Crippen LogP contribution in [0.1, 0.15) is 6.42 Å². The molecule has 1 aliphatic rings. The lowest BCUT2D eigenvalue weighted by molar-refractivity contribution is -0.117. The maximum atomic E-state index is 12.0. The quantitative estimate of drug-likeness (QED) is 0.827. The molecule has 1 atom stereocenters. The van der Waals surface area contributed by atoms with E-state index in [1.165, 1.54) is 6.07 Å². The minimum absolute atomic E-state index is 0.0530. The summed E-state index contributed by atoms with van der Waals surface area (Å²) in [6.07, 6.45) is 0.363. The van der Waals surface area contributed by atoms with Crippen molar-refractivity contribution in [3.05, 3.63) is 40.8 Å². The molecule has 21 heavy (non-hydrogen) atoms. The zero-order chi connectivity index (χ0) is 14.7. The van der Waals surface area contributed by atoms with Gasteiger partial charge in [0.2, 0.25) is 5.91 Å². The van der Waals surface area contributed by atoms with Crippen LogP contribution >= 0.6 is 0 Å². The molecule has 110 valence electrons. The highest BCUT2D eigenvalue weighted by atomic mass is 16.5. The second-order valence-corrected chi connectivity index (χ2v) is 4.99. The number of fused-ring (bicyclic) bond motifs is 1. The molecule has 6 heteroatoms. The van der Waals surface area contributed by atoms with E-state index in [0.29, 0.717) is 30.9 Å². The molecule has 0 spiro atoms. The van der Waals surface area contributed by atoms with Gasteiger partial charge in [0.1, 0.15) is 5.58 Å². The van der Waals surface area contributed by atoms with Gasteiger partial charge in [-0.3, -0.25) is 4.79 Å². The van der Waals surface area contributed by atoms with Crippen molar-refractivity contribution in [2.75, 3.05) is 25.1 Å². The monoisotopic (exact) mass is 288 g/mol. The highest BCUT2D eigenvalue weighted by Gasteiger charge is 2.16. The van der Waals surface area contributed by atoms with Gasteiger partial charge in [-0.25, -0.2) is 4.79 Å². The fraction of sp³-hybridized carbons (Fsp3) is 0.333. The normalized spacial score (nSPS) is 18.6. The third-order valence-electron chi connectivity index (χ3n) is 3.33. The molecule has 0 bridgehead atoms. The third kappa shape index (κ3) is 3.48. The summed E-state index contributed by atoms with van der Waals surface area (Å²) >= 11 is 0. The van der Waals surface area contributed by atoms with Gasteiger partial charge < -0.3 is 19.8 Å². The molecule has 2 aromatic rings. The molecule has 1 aromatic heterocycles. The Morgan fingerprint density at radius 1 is 1.33 bits per heavy atom. The lowest BCUT2D eigenvalue weighted by Gasteiger charge is -2.23. The lowest BCUT2D eigenvalue weighted by Crippen LogP contribution is -2.43. The van der Waals surface area contributed by atoms with Crippen LogP contribution in [0.3, 0.4) is 0 Å². The molecule has 1 aliphatic heterocycles. The van der Waals surface area contributed by atoms with Gasteiger partial charge in [0.25, 0.3) is 0 Å². The van der Waals surface area contributed by atoms with Crippen LogP contribution in [0.4, 0.5) is 5.69 Å². The van der Waals surface area contributed by atoms with Crippen molar-refractivity contribution >= 4 is 22.6 Å². The maximum Gasteiger partial charge on any atom is 0.336 e. The summed E-state index contributed by atoms with van der Waals surface area (Å²) in [5, 5.41) is 6.85. The first-order chi connectivity index (χ1) is 10.2. The molecule has 1 saturated heterocycles. The summed E-state index contributed by atoms with van der Waals surface area (Å²) in [6.45, 7) is 2.01. The molecule has 6 nitrogen and oxygen atoms in total. The van der Waals surface area contributed by atoms with E-state index in [0.717, 1.165) is 11.9 Å². The Bertz CT molecular complexity index is 704. The van der Waals surface area contributed by atoms with Gasteiger partial charge in [-0.15, -0.1) is 0 Å². The first-order valence-corrected chi connectivity index (χ1v) is 6.85. The van der Waals surface area contributed by atoms with Gasteiger partial charge in [0.15, 0.2) is 0 Å². The molecule has 1 unspecified atom stereocenters. The Morgan fingerprint density at radius 3 is 3.05 bits per heavy atom. The summed E-state index contributed by atoms with van der Waals surface area (Å²) < 4.78 is 10.4. The zero-order valence-electron chi connectivity index (χ0n) is 11.4. The van der Waals surface area contributed by atoms with E-state index < -0.39 is 0 Å². The number of ether oxygens (including phenoxy) is 1. The number of hydrogen-bond acceptors (Lipinski definition) is 5. The summed E-state index contributed by atoms with van der Waals surface area (Å²) in [5.41, 5.74) is 0.795. The van der Waals surface area contributed by atoms with E-state index in [4.69, 9.17) is 9.15 Å². The van der Waals surface area contributed by atoms with Crippen molar-refractivity contribution in [2.45, 2.75) is 12.5 Å². The fourth-order valence-corrected chi connectivity index (χ4v) is 2.34. The topological polar surface area (TPSA) is 80.6 Å². The number of amides is 1. The van der Waals surface area contributed by atoms with Gasteiger partial charge in [-0.1, -0.05) is 0 Å². The predicted octanol–water partition coefficient (Wildman–Crippen LogP) is 1.11. The van der Waals surface area contributed by atoms with E-state index >= 15 is 0 Å². The van der Waals surface area contributed by atoms with Crippen molar-refractivity contribution in [2.24, 2.45) is 0 Å². The Morgan fingerprint density at radius 2 is 2.24 bits per heavy atom. The molecular formula is C15H16N2O4.